The van der Waals surface area contributed by atoms with Crippen LogP contribution in [0, 0.1) is 0 Å². The zero-order valence-electron chi connectivity index (χ0n) is 9.05. The number of carbonyl (C=O) groups excluding carboxylic acids is 1. The van der Waals surface area contributed by atoms with Crippen molar-refractivity contribution >= 4 is 5.91 Å². The lowest BCUT2D eigenvalue weighted by Gasteiger charge is -2.35. The van der Waals surface area contributed by atoms with Gasteiger partial charge in [0.05, 0.1) is 6.04 Å². The van der Waals surface area contributed by atoms with Crippen molar-refractivity contribution in [2.45, 2.75) is 45.2 Å². The Morgan fingerprint density at radius 3 is 2.54 bits per heavy atom. The van der Waals surface area contributed by atoms with E-state index in [2.05, 4.69) is 31.0 Å². The molecule has 0 aliphatic carbocycles. The lowest BCUT2D eigenvalue weighted by atomic mass is 10.0. The molecule has 1 saturated heterocycles. The molecule has 13 heavy (non-hydrogen) atoms. The highest BCUT2D eigenvalue weighted by atomic mass is 16.2. The van der Waals surface area contributed by atoms with Crippen LogP contribution in [0.2, 0.25) is 0 Å². The lowest BCUT2D eigenvalue weighted by molar-refractivity contribution is -0.126. The summed E-state index contributed by atoms with van der Waals surface area (Å²) >= 11 is 0. The minimum absolute atomic E-state index is 0.0880. The third kappa shape index (κ3) is 2.21. The fraction of sp³-hybridized carbons (Fsp3) is 0.900. The zero-order chi connectivity index (χ0) is 10.1. The summed E-state index contributed by atoms with van der Waals surface area (Å²) in [5, 5.41) is 2.73. The summed E-state index contributed by atoms with van der Waals surface area (Å²) in [5.74, 6) is 0.160. The molecular weight excluding hydrogens is 164 g/mol. The molecule has 0 aromatic heterocycles. The SMILES string of the molecule is CNC(=O)C1CCCN1C(C)(C)C. The van der Waals surface area contributed by atoms with Crippen LogP contribution in [0.1, 0.15) is 33.6 Å². The van der Waals surface area contributed by atoms with E-state index in [4.69, 9.17) is 0 Å². The van der Waals surface area contributed by atoms with Crippen molar-refractivity contribution < 1.29 is 4.79 Å². The first kappa shape index (κ1) is 10.5. The maximum Gasteiger partial charge on any atom is 0.237 e. The molecular formula is C10H20N2O. The van der Waals surface area contributed by atoms with Gasteiger partial charge in [0.2, 0.25) is 5.91 Å². The Labute approximate surface area is 80.5 Å². The fourth-order valence-electron chi connectivity index (χ4n) is 2.01. The molecule has 1 heterocycles. The molecule has 3 nitrogen and oxygen atoms in total. The van der Waals surface area contributed by atoms with Gasteiger partial charge in [0.1, 0.15) is 0 Å². The van der Waals surface area contributed by atoms with Gasteiger partial charge in [-0.15, -0.1) is 0 Å². The number of likely N-dealkylation sites (tertiary alicyclic amines) is 1. The van der Waals surface area contributed by atoms with E-state index in [0.29, 0.717) is 0 Å². The van der Waals surface area contributed by atoms with Gasteiger partial charge in [-0.2, -0.15) is 0 Å². The van der Waals surface area contributed by atoms with Crippen molar-refractivity contribution in [1.29, 1.82) is 0 Å². The van der Waals surface area contributed by atoms with E-state index in [1.165, 1.54) is 0 Å². The standard InChI is InChI=1S/C10H20N2O/c1-10(2,3)12-7-5-6-8(12)9(13)11-4/h8H,5-7H2,1-4H3,(H,11,13). The fourth-order valence-corrected chi connectivity index (χ4v) is 2.01. The smallest absolute Gasteiger partial charge is 0.237 e. The molecule has 1 N–H and O–H groups in total. The number of nitrogens with one attached hydrogen (secondary N) is 1. The van der Waals surface area contributed by atoms with Crippen molar-refractivity contribution in [3.63, 3.8) is 0 Å². The molecule has 1 amide bonds. The number of rotatable bonds is 1. The number of amides is 1. The summed E-state index contributed by atoms with van der Waals surface area (Å²) in [4.78, 5) is 13.8. The van der Waals surface area contributed by atoms with Gasteiger partial charge < -0.3 is 5.32 Å². The molecule has 3 heteroatoms. The van der Waals surface area contributed by atoms with Gasteiger partial charge in [-0.3, -0.25) is 9.69 Å². The summed E-state index contributed by atoms with van der Waals surface area (Å²) in [6.07, 6.45) is 2.13. The number of likely N-dealkylation sites (N-methyl/N-ethyl adjacent to an activating group) is 1. The van der Waals surface area contributed by atoms with Crippen LogP contribution in [0.15, 0.2) is 0 Å². The van der Waals surface area contributed by atoms with E-state index >= 15 is 0 Å². The summed E-state index contributed by atoms with van der Waals surface area (Å²) in [6, 6.07) is 0.0880. The Morgan fingerprint density at radius 1 is 1.46 bits per heavy atom. The predicted octanol–water partition coefficient (Wildman–Crippen LogP) is 0.995. The van der Waals surface area contributed by atoms with Crippen LogP contribution in [0.4, 0.5) is 0 Å². The van der Waals surface area contributed by atoms with Crippen molar-refractivity contribution in [3.8, 4) is 0 Å². The van der Waals surface area contributed by atoms with E-state index < -0.39 is 0 Å². The third-order valence-corrected chi connectivity index (χ3v) is 2.66. The first-order valence-electron chi connectivity index (χ1n) is 4.95. The lowest BCUT2D eigenvalue weighted by Crippen LogP contribution is -2.50. The molecule has 0 radical (unpaired) electrons. The topological polar surface area (TPSA) is 32.3 Å². The Morgan fingerprint density at radius 2 is 2.08 bits per heavy atom. The van der Waals surface area contributed by atoms with Gasteiger partial charge in [-0.1, -0.05) is 0 Å². The Bertz CT molecular complexity index is 196. The Hall–Kier alpha value is -0.570. The second kappa shape index (κ2) is 3.66. The van der Waals surface area contributed by atoms with Crippen LogP contribution >= 0.6 is 0 Å². The van der Waals surface area contributed by atoms with Gasteiger partial charge in [0.25, 0.3) is 0 Å². The molecule has 76 valence electrons. The summed E-state index contributed by atoms with van der Waals surface area (Å²) in [6.45, 7) is 7.53. The van der Waals surface area contributed by atoms with Crippen molar-refractivity contribution in [2.75, 3.05) is 13.6 Å². The van der Waals surface area contributed by atoms with E-state index in [9.17, 15) is 4.79 Å². The van der Waals surface area contributed by atoms with E-state index in [1.54, 1.807) is 7.05 Å². The average Bonchev–Trinajstić information content (AvgIpc) is 2.49. The van der Waals surface area contributed by atoms with E-state index in [0.717, 1.165) is 19.4 Å². The molecule has 0 saturated carbocycles. The second-order valence-electron chi connectivity index (χ2n) is 4.64. The summed E-state index contributed by atoms with van der Waals surface area (Å²) in [5.41, 5.74) is 0.105. The highest BCUT2D eigenvalue weighted by Gasteiger charge is 2.36. The largest absolute Gasteiger partial charge is 0.358 e. The highest BCUT2D eigenvalue weighted by molar-refractivity contribution is 5.81. The number of carbonyl (C=O) groups is 1. The van der Waals surface area contributed by atoms with Crippen LogP contribution in [0.25, 0.3) is 0 Å². The molecule has 1 atom stereocenters. The minimum Gasteiger partial charge on any atom is -0.358 e. The quantitative estimate of drug-likeness (QED) is 0.659. The number of nitrogens with zero attached hydrogens (tertiary/aromatic N) is 1. The zero-order valence-corrected chi connectivity index (χ0v) is 9.05. The normalized spacial score (nSPS) is 24.8. The second-order valence-corrected chi connectivity index (χ2v) is 4.64. The van der Waals surface area contributed by atoms with Crippen LogP contribution in [-0.2, 0) is 4.79 Å². The molecule has 1 aliphatic rings. The average molecular weight is 184 g/mol. The minimum atomic E-state index is 0.0880. The summed E-state index contributed by atoms with van der Waals surface area (Å²) in [7, 11) is 1.71. The van der Waals surface area contributed by atoms with Crippen LogP contribution in [0.3, 0.4) is 0 Å². The van der Waals surface area contributed by atoms with Crippen molar-refractivity contribution in [1.82, 2.24) is 10.2 Å². The van der Waals surface area contributed by atoms with Crippen molar-refractivity contribution in [2.24, 2.45) is 0 Å². The maximum absolute atomic E-state index is 11.5. The highest BCUT2D eigenvalue weighted by Crippen LogP contribution is 2.26. The Balaban J connectivity index is 2.70. The number of hydrogen-bond acceptors (Lipinski definition) is 2. The first-order chi connectivity index (χ1) is 5.96. The first-order valence-corrected chi connectivity index (χ1v) is 4.95. The molecule has 0 spiro atoms. The van der Waals surface area contributed by atoms with Gasteiger partial charge in [-0.25, -0.2) is 0 Å². The molecule has 0 bridgehead atoms. The molecule has 1 rings (SSSR count). The third-order valence-electron chi connectivity index (χ3n) is 2.66. The van der Waals surface area contributed by atoms with Crippen LogP contribution in [0.5, 0.6) is 0 Å². The monoisotopic (exact) mass is 184 g/mol. The van der Waals surface area contributed by atoms with Crippen LogP contribution < -0.4 is 5.32 Å². The molecule has 0 aromatic carbocycles. The van der Waals surface area contributed by atoms with Crippen LogP contribution in [-0.4, -0.2) is 36.0 Å². The molecule has 1 fully saturated rings. The molecule has 0 aromatic rings. The molecule has 1 unspecified atom stereocenters. The van der Waals surface area contributed by atoms with Gasteiger partial charge >= 0.3 is 0 Å². The van der Waals surface area contributed by atoms with Gasteiger partial charge in [-0.05, 0) is 40.2 Å². The van der Waals surface area contributed by atoms with Gasteiger partial charge in [0, 0.05) is 12.6 Å². The summed E-state index contributed by atoms with van der Waals surface area (Å²) < 4.78 is 0. The molecule has 1 aliphatic heterocycles. The van der Waals surface area contributed by atoms with E-state index in [1.807, 2.05) is 0 Å². The predicted molar refractivity (Wildman–Crippen MR) is 53.5 cm³/mol. The Kier molecular flexibility index (Phi) is 2.96. The van der Waals surface area contributed by atoms with Crippen molar-refractivity contribution in [3.05, 3.63) is 0 Å². The van der Waals surface area contributed by atoms with E-state index in [-0.39, 0.29) is 17.5 Å². The maximum atomic E-state index is 11.5. The van der Waals surface area contributed by atoms with Gasteiger partial charge in [0.15, 0.2) is 0 Å². The number of hydrogen-bond donors (Lipinski definition) is 1.